The first kappa shape index (κ1) is 18.3. The largest absolute Gasteiger partial charge is 0.449 e. The minimum Gasteiger partial charge on any atom is -0.449 e. The van der Waals surface area contributed by atoms with E-state index in [1.165, 1.54) is 24.3 Å². The average molecular weight is 417 g/mol. The Morgan fingerprint density at radius 1 is 0.767 bits per heavy atom. The van der Waals surface area contributed by atoms with Crippen molar-refractivity contribution in [1.82, 2.24) is 3.97 Å². The van der Waals surface area contributed by atoms with E-state index < -0.39 is 20.9 Å². The van der Waals surface area contributed by atoms with Crippen molar-refractivity contribution in [1.29, 1.82) is 0 Å². The third-order valence-corrected chi connectivity index (χ3v) is 6.84. The number of fused-ring (bicyclic) bond motifs is 2. The topological polar surface area (TPSA) is 86.4 Å². The summed E-state index contributed by atoms with van der Waals surface area (Å²) >= 11 is 0. The van der Waals surface area contributed by atoms with E-state index in [9.17, 15) is 18.0 Å². The molecule has 0 amide bonds. The molecule has 0 aromatic heterocycles. The molecule has 1 aliphatic carbocycles. The van der Waals surface area contributed by atoms with Gasteiger partial charge < -0.3 is 4.42 Å². The number of aromatic nitrogens is 1. The zero-order valence-electron chi connectivity index (χ0n) is 15.8. The predicted molar refractivity (Wildman–Crippen MR) is 113 cm³/mol. The molecule has 0 saturated carbocycles. The maximum atomic E-state index is 13.7. The van der Waals surface area contributed by atoms with Crippen LogP contribution in [0.15, 0.2) is 91.7 Å². The monoisotopic (exact) mass is 417 g/mol. The number of nitrogens with zero attached hydrogens (tertiary/aromatic N) is 1. The normalized spacial score (nSPS) is 12.0. The van der Waals surface area contributed by atoms with E-state index in [1.807, 2.05) is 6.92 Å². The maximum Gasteiger partial charge on any atom is 0.269 e. The zero-order valence-corrected chi connectivity index (χ0v) is 16.6. The van der Waals surface area contributed by atoms with Crippen LogP contribution in [0.3, 0.4) is 0 Å². The summed E-state index contributed by atoms with van der Waals surface area (Å²) in [5.74, 6) is 0. The molecule has 0 bridgehead atoms. The molecule has 3 aromatic carbocycles. The van der Waals surface area contributed by atoms with Crippen molar-refractivity contribution in [3.8, 4) is 0 Å². The summed E-state index contributed by atoms with van der Waals surface area (Å²) in [4.78, 5) is 26.5. The maximum absolute atomic E-state index is 13.7. The minimum atomic E-state index is -4.20. The lowest BCUT2D eigenvalue weighted by Gasteiger charge is -2.14. The molecule has 30 heavy (non-hydrogen) atoms. The molecule has 0 radical (unpaired) electrons. The van der Waals surface area contributed by atoms with Gasteiger partial charge in [0.05, 0.1) is 4.90 Å². The minimum absolute atomic E-state index is 0.00996. The molecule has 0 atom stereocenters. The average Bonchev–Trinajstić information content (AvgIpc) is 2.76. The third-order valence-electron chi connectivity index (χ3n) is 5.11. The fourth-order valence-corrected chi connectivity index (χ4v) is 5.13. The summed E-state index contributed by atoms with van der Waals surface area (Å²) in [6.45, 7) is 1.85. The summed E-state index contributed by atoms with van der Waals surface area (Å²) in [7, 11) is -4.20. The lowest BCUT2D eigenvalue weighted by Crippen LogP contribution is -2.25. The molecule has 0 saturated heterocycles. The van der Waals surface area contributed by atoms with Crippen LogP contribution in [0, 0.1) is 17.7 Å². The van der Waals surface area contributed by atoms with Gasteiger partial charge in [-0.2, -0.15) is 0 Å². The highest BCUT2D eigenvalue weighted by atomic mass is 32.2. The zero-order chi connectivity index (χ0) is 21.0. The van der Waals surface area contributed by atoms with Crippen LogP contribution >= 0.6 is 0 Å². The summed E-state index contributed by atoms with van der Waals surface area (Å²) in [6.07, 6.45) is 0. The van der Waals surface area contributed by atoms with Gasteiger partial charge in [-0.3, -0.25) is 9.59 Å². The highest BCUT2D eigenvalue weighted by Gasteiger charge is 2.24. The lowest BCUT2D eigenvalue weighted by molar-refractivity contribution is 0.545. The van der Waals surface area contributed by atoms with Crippen LogP contribution in [0.5, 0.6) is 0 Å². The molecule has 2 aliphatic rings. The summed E-state index contributed by atoms with van der Waals surface area (Å²) in [5.41, 5.74) is -0.129. The molecule has 0 N–H and O–H groups in total. The van der Waals surface area contributed by atoms with Gasteiger partial charge in [-0.1, -0.05) is 54.1 Å². The Kier molecular flexibility index (Phi) is 3.91. The highest BCUT2D eigenvalue weighted by Crippen LogP contribution is 2.22. The van der Waals surface area contributed by atoms with E-state index in [4.69, 9.17) is 4.42 Å². The fourth-order valence-electron chi connectivity index (χ4n) is 3.63. The lowest BCUT2D eigenvalue weighted by atomic mass is 10.1. The first-order valence-electron chi connectivity index (χ1n) is 9.21. The molecule has 0 fully saturated rings. The number of rotatable bonds is 2. The molecule has 1 heterocycles. The first-order valence-corrected chi connectivity index (χ1v) is 10.6. The summed E-state index contributed by atoms with van der Waals surface area (Å²) in [6, 6.07) is 19.1. The highest BCUT2D eigenvalue weighted by molar-refractivity contribution is 7.90. The SMILES string of the molecule is Cc1ccc(S(=O)(=O)n2c3c(=O)c4ccccc4c(=O)c=3oc3ccccc32)cc1. The van der Waals surface area contributed by atoms with E-state index in [0.29, 0.717) is 0 Å². The number of hydrogen-bond donors (Lipinski definition) is 0. The van der Waals surface area contributed by atoms with Gasteiger partial charge in [-0.05, 0) is 31.2 Å². The second-order valence-electron chi connectivity index (χ2n) is 7.03. The van der Waals surface area contributed by atoms with Crippen molar-refractivity contribution in [2.45, 2.75) is 11.8 Å². The second kappa shape index (κ2) is 6.40. The van der Waals surface area contributed by atoms with Gasteiger partial charge >= 0.3 is 0 Å². The Bertz CT molecular complexity index is 1750. The smallest absolute Gasteiger partial charge is 0.269 e. The summed E-state index contributed by atoms with van der Waals surface area (Å²) in [5, 5.41) is 0.0413. The molecule has 7 heteroatoms. The Morgan fingerprint density at radius 3 is 2.07 bits per heavy atom. The Hall–Kier alpha value is -3.71. The van der Waals surface area contributed by atoms with Crippen LogP contribution in [0.2, 0.25) is 0 Å². The van der Waals surface area contributed by atoms with Crippen molar-refractivity contribution in [2.75, 3.05) is 0 Å². The van der Waals surface area contributed by atoms with Gasteiger partial charge in [0.25, 0.3) is 10.0 Å². The Morgan fingerprint density at radius 2 is 1.37 bits per heavy atom. The second-order valence-corrected chi connectivity index (χ2v) is 8.82. The van der Waals surface area contributed by atoms with Gasteiger partial charge in [0.15, 0.2) is 10.9 Å². The standard InChI is InChI=1S/C23H15NO5S/c1-14-10-12-15(13-11-14)30(27,28)24-18-8-4-5-9-19(18)29-23-20(24)21(25)16-6-2-3-7-17(16)22(23)26/h2-13H,1H3. The van der Waals surface area contributed by atoms with Crippen molar-refractivity contribution in [3.63, 3.8) is 0 Å². The van der Waals surface area contributed by atoms with Crippen LogP contribution in [-0.4, -0.2) is 12.4 Å². The Balaban J connectivity index is 2.12. The van der Waals surface area contributed by atoms with Crippen LogP contribution in [0.25, 0.3) is 21.9 Å². The number of aryl methyl sites for hydroxylation is 1. The number of para-hydroxylation sites is 2. The van der Waals surface area contributed by atoms with Crippen LogP contribution in [-0.2, 0) is 10.0 Å². The van der Waals surface area contributed by atoms with Crippen molar-refractivity contribution in [3.05, 3.63) is 110 Å². The molecule has 5 rings (SSSR count). The van der Waals surface area contributed by atoms with E-state index in [-0.39, 0.29) is 37.5 Å². The van der Waals surface area contributed by atoms with Gasteiger partial charge in [0.1, 0.15) is 5.52 Å². The van der Waals surface area contributed by atoms with Crippen molar-refractivity contribution in [2.24, 2.45) is 0 Å². The molecule has 148 valence electrons. The van der Waals surface area contributed by atoms with E-state index in [0.717, 1.165) is 9.54 Å². The molecule has 0 unspecified atom stereocenters. The van der Waals surface area contributed by atoms with E-state index in [2.05, 4.69) is 0 Å². The van der Waals surface area contributed by atoms with Crippen LogP contribution in [0.1, 0.15) is 5.56 Å². The molecule has 1 aliphatic heterocycles. The van der Waals surface area contributed by atoms with Crippen molar-refractivity contribution >= 4 is 31.9 Å². The fraction of sp³-hybridized carbons (Fsp3) is 0.0435. The Labute approximate surface area is 170 Å². The number of benzene rings is 3. The molecule has 3 aromatic rings. The molecular weight excluding hydrogens is 402 g/mol. The molecule has 0 spiro atoms. The first-order chi connectivity index (χ1) is 14.4. The van der Waals surface area contributed by atoms with Gasteiger partial charge in [-0.15, -0.1) is 0 Å². The van der Waals surface area contributed by atoms with Gasteiger partial charge in [0.2, 0.25) is 16.3 Å². The van der Waals surface area contributed by atoms with Gasteiger partial charge in [0, 0.05) is 10.8 Å². The third kappa shape index (κ3) is 2.52. The van der Waals surface area contributed by atoms with E-state index in [1.54, 1.807) is 48.5 Å². The van der Waals surface area contributed by atoms with Crippen LogP contribution in [0.4, 0.5) is 0 Å². The van der Waals surface area contributed by atoms with E-state index >= 15 is 0 Å². The molecule has 6 nitrogen and oxygen atoms in total. The number of hydrogen-bond acceptors (Lipinski definition) is 5. The van der Waals surface area contributed by atoms with Gasteiger partial charge in [-0.25, -0.2) is 12.4 Å². The summed E-state index contributed by atoms with van der Waals surface area (Å²) < 4.78 is 34.0. The van der Waals surface area contributed by atoms with Crippen LogP contribution < -0.4 is 10.9 Å². The molecular formula is C23H15NO5S. The predicted octanol–water partition coefficient (Wildman–Crippen LogP) is 3.38. The van der Waals surface area contributed by atoms with Crippen molar-refractivity contribution < 1.29 is 12.8 Å². The quantitative estimate of drug-likeness (QED) is 0.440.